The molecule has 1 aromatic heterocycles. The highest BCUT2D eigenvalue weighted by Crippen LogP contribution is 2.27. The van der Waals surface area contributed by atoms with Crippen LogP contribution in [0, 0.1) is 6.92 Å². The third-order valence-electron chi connectivity index (χ3n) is 4.95. The molecule has 0 saturated heterocycles. The molecular weight excluding hydrogens is 354 g/mol. The fraction of sp³-hybridized carbons (Fsp3) is 0.0385. The Bertz CT molecular complexity index is 1240. The molecule has 0 atom stereocenters. The zero-order valence-electron chi connectivity index (χ0n) is 16.1. The smallest absolute Gasteiger partial charge is 0.164 e. The van der Waals surface area contributed by atoms with Crippen LogP contribution in [0.25, 0.3) is 44.9 Å². The second kappa shape index (κ2) is 7.28. The fourth-order valence-corrected chi connectivity index (χ4v) is 3.44. The molecule has 0 amide bonds. The van der Waals surface area contributed by atoms with Gasteiger partial charge in [-0.1, -0.05) is 96.6 Å². The number of benzene rings is 4. The standard InChI is InChI=1S/C26H19N3/c1-18-12-13-22-17-23(15-14-21(22)16-18)26-28-24(19-8-4-2-5-9-19)27-25(29-26)20-10-6-3-7-11-20/h2-17H,1H3. The summed E-state index contributed by atoms with van der Waals surface area (Å²) in [4.78, 5) is 14.4. The largest absolute Gasteiger partial charge is 0.208 e. The molecule has 0 unspecified atom stereocenters. The lowest BCUT2D eigenvalue weighted by Gasteiger charge is -2.09. The summed E-state index contributed by atoms with van der Waals surface area (Å²) < 4.78 is 0. The van der Waals surface area contributed by atoms with Gasteiger partial charge in [0.2, 0.25) is 0 Å². The van der Waals surface area contributed by atoms with Gasteiger partial charge < -0.3 is 0 Å². The zero-order valence-corrected chi connectivity index (χ0v) is 16.1. The van der Waals surface area contributed by atoms with Crippen LogP contribution >= 0.6 is 0 Å². The number of nitrogens with zero attached hydrogens (tertiary/aromatic N) is 3. The predicted molar refractivity (Wildman–Crippen MR) is 118 cm³/mol. The highest BCUT2D eigenvalue weighted by molar-refractivity contribution is 5.87. The second-order valence-electron chi connectivity index (χ2n) is 7.10. The predicted octanol–water partition coefficient (Wildman–Crippen LogP) is 6.33. The SMILES string of the molecule is Cc1ccc2cc(-c3nc(-c4ccccc4)nc(-c4ccccc4)n3)ccc2c1. The summed E-state index contributed by atoms with van der Waals surface area (Å²) in [6, 6.07) is 32.9. The summed E-state index contributed by atoms with van der Waals surface area (Å²) in [6.07, 6.45) is 0. The summed E-state index contributed by atoms with van der Waals surface area (Å²) in [5.41, 5.74) is 4.19. The van der Waals surface area contributed by atoms with Gasteiger partial charge in [-0.05, 0) is 23.8 Å². The molecule has 0 spiro atoms. The number of rotatable bonds is 3. The van der Waals surface area contributed by atoms with Gasteiger partial charge in [0.25, 0.3) is 0 Å². The third kappa shape index (κ3) is 3.50. The van der Waals surface area contributed by atoms with Crippen molar-refractivity contribution in [3.8, 4) is 34.2 Å². The van der Waals surface area contributed by atoms with E-state index in [2.05, 4.69) is 43.3 Å². The fourth-order valence-electron chi connectivity index (χ4n) is 3.44. The van der Waals surface area contributed by atoms with Crippen molar-refractivity contribution < 1.29 is 0 Å². The van der Waals surface area contributed by atoms with Crippen LogP contribution in [0.3, 0.4) is 0 Å². The Balaban J connectivity index is 1.70. The maximum Gasteiger partial charge on any atom is 0.164 e. The molecule has 1 heterocycles. The molecule has 0 fully saturated rings. The van der Waals surface area contributed by atoms with E-state index in [9.17, 15) is 0 Å². The molecule has 0 N–H and O–H groups in total. The van der Waals surface area contributed by atoms with Crippen molar-refractivity contribution >= 4 is 10.8 Å². The van der Waals surface area contributed by atoms with Crippen LogP contribution in [0.4, 0.5) is 0 Å². The Morgan fingerprint density at radius 3 is 1.52 bits per heavy atom. The van der Waals surface area contributed by atoms with Crippen molar-refractivity contribution in [3.05, 3.63) is 103 Å². The molecule has 0 aliphatic carbocycles. The van der Waals surface area contributed by atoms with Crippen LogP contribution in [-0.4, -0.2) is 15.0 Å². The first kappa shape index (κ1) is 17.3. The monoisotopic (exact) mass is 373 g/mol. The van der Waals surface area contributed by atoms with Crippen molar-refractivity contribution in [1.82, 2.24) is 15.0 Å². The Kier molecular flexibility index (Phi) is 4.34. The van der Waals surface area contributed by atoms with Crippen LogP contribution < -0.4 is 0 Å². The number of aryl methyl sites for hydroxylation is 1. The van der Waals surface area contributed by atoms with Crippen molar-refractivity contribution in [3.63, 3.8) is 0 Å². The summed E-state index contributed by atoms with van der Waals surface area (Å²) >= 11 is 0. The minimum Gasteiger partial charge on any atom is -0.208 e. The first-order chi connectivity index (χ1) is 14.3. The van der Waals surface area contributed by atoms with Gasteiger partial charge in [-0.25, -0.2) is 15.0 Å². The first-order valence-corrected chi connectivity index (χ1v) is 9.64. The van der Waals surface area contributed by atoms with Crippen molar-refractivity contribution in [2.75, 3.05) is 0 Å². The molecule has 5 rings (SSSR count). The third-order valence-corrected chi connectivity index (χ3v) is 4.95. The number of hydrogen-bond acceptors (Lipinski definition) is 3. The molecule has 29 heavy (non-hydrogen) atoms. The summed E-state index contributed by atoms with van der Waals surface area (Å²) in [7, 11) is 0. The number of aromatic nitrogens is 3. The van der Waals surface area contributed by atoms with E-state index < -0.39 is 0 Å². The lowest BCUT2D eigenvalue weighted by molar-refractivity contribution is 1.07. The van der Waals surface area contributed by atoms with Gasteiger partial charge in [0.1, 0.15) is 0 Å². The Labute approximate surface area is 169 Å². The summed E-state index contributed by atoms with van der Waals surface area (Å²) in [6.45, 7) is 2.11. The van der Waals surface area contributed by atoms with E-state index in [-0.39, 0.29) is 0 Å². The minimum atomic E-state index is 0.679. The lowest BCUT2D eigenvalue weighted by Crippen LogP contribution is -2.00. The molecule has 4 aromatic carbocycles. The van der Waals surface area contributed by atoms with Crippen molar-refractivity contribution in [2.24, 2.45) is 0 Å². The lowest BCUT2D eigenvalue weighted by atomic mass is 10.0. The Morgan fingerprint density at radius 2 is 0.931 bits per heavy atom. The quantitative estimate of drug-likeness (QED) is 0.371. The molecule has 0 aliphatic rings. The van der Waals surface area contributed by atoms with Gasteiger partial charge in [0.15, 0.2) is 17.5 Å². The Morgan fingerprint density at radius 1 is 0.448 bits per heavy atom. The van der Waals surface area contributed by atoms with E-state index in [0.717, 1.165) is 16.7 Å². The molecular formula is C26H19N3. The molecule has 0 bridgehead atoms. The normalized spacial score (nSPS) is 10.9. The molecule has 0 saturated carbocycles. The van der Waals surface area contributed by atoms with Crippen molar-refractivity contribution in [2.45, 2.75) is 6.92 Å². The van der Waals surface area contributed by atoms with E-state index in [0.29, 0.717) is 17.5 Å². The van der Waals surface area contributed by atoms with Crippen molar-refractivity contribution in [1.29, 1.82) is 0 Å². The average Bonchev–Trinajstić information content (AvgIpc) is 2.79. The highest BCUT2D eigenvalue weighted by Gasteiger charge is 2.12. The highest BCUT2D eigenvalue weighted by atomic mass is 15.0. The van der Waals surface area contributed by atoms with Crippen LogP contribution in [-0.2, 0) is 0 Å². The van der Waals surface area contributed by atoms with E-state index >= 15 is 0 Å². The number of fused-ring (bicyclic) bond motifs is 1. The maximum atomic E-state index is 4.80. The molecule has 3 nitrogen and oxygen atoms in total. The van der Waals surface area contributed by atoms with Gasteiger partial charge in [-0.3, -0.25) is 0 Å². The van der Waals surface area contributed by atoms with Crippen LogP contribution in [0.2, 0.25) is 0 Å². The zero-order chi connectivity index (χ0) is 19.6. The van der Waals surface area contributed by atoms with Gasteiger partial charge in [-0.2, -0.15) is 0 Å². The first-order valence-electron chi connectivity index (χ1n) is 9.64. The number of hydrogen-bond donors (Lipinski definition) is 0. The van der Waals surface area contributed by atoms with E-state index in [1.807, 2.05) is 60.7 Å². The van der Waals surface area contributed by atoms with Crippen LogP contribution in [0.5, 0.6) is 0 Å². The maximum absolute atomic E-state index is 4.80. The van der Waals surface area contributed by atoms with E-state index in [1.165, 1.54) is 16.3 Å². The molecule has 0 radical (unpaired) electrons. The van der Waals surface area contributed by atoms with Gasteiger partial charge in [0, 0.05) is 16.7 Å². The van der Waals surface area contributed by atoms with Gasteiger partial charge in [-0.15, -0.1) is 0 Å². The van der Waals surface area contributed by atoms with Crippen LogP contribution in [0.1, 0.15) is 5.56 Å². The van der Waals surface area contributed by atoms with E-state index in [1.54, 1.807) is 0 Å². The minimum absolute atomic E-state index is 0.679. The molecule has 138 valence electrons. The molecule has 5 aromatic rings. The van der Waals surface area contributed by atoms with Gasteiger partial charge >= 0.3 is 0 Å². The molecule has 3 heteroatoms. The summed E-state index contributed by atoms with van der Waals surface area (Å²) in [5, 5.41) is 2.39. The molecule has 0 aliphatic heterocycles. The Hall–Kier alpha value is -3.85. The van der Waals surface area contributed by atoms with Gasteiger partial charge in [0.05, 0.1) is 0 Å². The summed E-state index contributed by atoms with van der Waals surface area (Å²) in [5.74, 6) is 2.04. The topological polar surface area (TPSA) is 38.7 Å². The van der Waals surface area contributed by atoms with E-state index in [4.69, 9.17) is 15.0 Å². The second-order valence-corrected chi connectivity index (χ2v) is 7.10. The average molecular weight is 373 g/mol. The van der Waals surface area contributed by atoms with Crippen LogP contribution in [0.15, 0.2) is 97.1 Å².